The van der Waals surface area contributed by atoms with Crippen molar-refractivity contribution in [3.63, 3.8) is 0 Å². The summed E-state index contributed by atoms with van der Waals surface area (Å²) in [5.74, 6) is 2.89. The maximum atomic E-state index is 5.05. The second-order valence-electron chi connectivity index (χ2n) is 9.03. The molecular weight excluding hydrogens is 348 g/mol. The van der Waals surface area contributed by atoms with Crippen molar-refractivity contribution in [1.82, 2.24) is 29.5 Å². The number of likely N-dealkylation sites (N-methyl/N-ethyl adjacent to an activating group) is 2. The molecule has 154 valence electrons. The van der Waals surface area contributed by atoms with Crippen LogP contribution in [0.1, 0.15) is 31.2 Å². The monoisotopic (exact) mass is 384 g/mol. The van der Waals surface area contributed by atoms with Gasteiger partial charge in [-0.05, 0) is 39.7 Å². The Kier molecular flexibility index (Phi) is 6.86. The summed E-state index contributed by atoms with van der Waals surface area (Å²) in [6.07, 6.45) is 0. The Morgan fingerprint density at radius 1 is 1.04 bits per heavy atom. The number of aromatic nitrogens is 3. The quantitative estimate of drug-likeness (QED) is 0.766. The third-order valence-electron chi connectivity index (χ3n) is 5.24. The fraction of sp³-hybridized carbons (Fsp3) is 0.636. The Labute approximate surface area is 170 Å². The van der Waals surface area contributed by atoms with Gasteiger partial charge in [-0.15, -0.1) is 0 Å². The average molecular weight is 385 g/mol. The molecule has 3 rings (SSSR count). The average Bonchev–Trinajstić information content (AvgIpc) is 2.94. The van der Waals surface area contributed by atoms with Crippen LogP contribution in [0.5, 0.6) is 0 Å². The largest absolute Gasteiger partial charge is 0.305 e. The number of hydrogen-bond acceptors (Lipinski definition) is 5. The van der Waals surface area contributed by atoms with Crippen molar-refractivity contribution in [2.75, 3.05) is 54.4 Å². The number of nitrogens with zero attached hydrogens (tertiary/aromatic N) is 6. The maximum absolute atomic E-state index is 5.05. The molecule has 0 saturated carbocycles. The summed E-state index contributed by atoms with van der Waals surface area (Å²) >= 11 is 0. The minimum atomic E-state index is 0.380. The first-order valence-corrected chi connectivity index (χ1v) is 10.4. The first-order valence-electron chi connectivity index (χ1n) is 10.4. The van der Waals surface area contributed by atoms with Gasteiger partial charge in [-0.25, -0.2) is 9.67 Å². The molecule has 0 bridgehead atoms. The van der Waals surface area contributed by atoms with Gasteiger partial charge in [0, 0.05) is 50.7 Å². The van der Waals surface area contributed by atoms with E-state index in [9.17, 15) is 0 Å². The zero-order chi connectivity index (χ0) is 20.3. The molecule has 1 aliphatic heterocycles. The van der Waals surface area contributed by atoms with Crippen LogP contribution in [0, 0.1) is 5.92 Å². The molecule has 0 aliphatic carbocycles. The highest BCUT2D eigenvalue weighted by Gasteiger charge is 2.26. The van der Waals surface area contributed by atoms with Crippen LogP contribution < -0.4 is 0 Å². The lowest BCUT2D eigenvalue weighted by molar-refractivity contribution is 0.320. The van der Waals surface area contributed by atoms with E-state index in [0.717, 1.165) is 56.5 Å². The summed E-state index contributed by atoms with van der Waals surface area (Å²) in [5.41, 5.74) is 2.41. The SMILES string of the molecule is CC(C)Cn1nc(-c2ccc(CN(C)C)cc2)nc1C1CN(C)CCN(C)C1. The number of rotatable bonds is 6. The van der Waals surface area contributed by atoms with Crippen LogP contribution in [-0.4, -0.2) is 83.8 Å². The summed E-state index contributed by atoms with van der Waals surface area (Å²) in [7, 11) is 8.60. The summed E-state index contributed by atoms with van der Waals surface area (Å²) in [5, 5.41) is 4.93. The highest BCUT2D eigenvalue weighted by Crippen LogP contribution is 2.24. The molecule has 0 N–H and O–H groups in total. The molecule has 6 heteroatoms. The Morgan fingerprint density at radius 2 is 1.64 bits per heavy atom. The van der Waals surface area contributed by atoms with Crippen molar-refractivity contribution >= 4 is 0 Å². The fourth-order valence-electron chi connectivity index (χ4n) is 3.88. The van der Waals surface area contributed by atoms with Crippen molar-refractivity contribution in [2.24, 2.45) is 5.92 Å². The van der Waals surface area contributed by atoms with E-state index in [-0.39, 0.29) is 0 Å². The fourth-order valence-corrected chi connectivity index (χ4v) is 3.88. The standard InChI is InChI=1S/C22H36N6/c1-17(2)13-28-22(20-15-26(5)11-12-27(6)16-20)23-21(24-28)19-9-7-18(8-10-19)14-25(3)4/h7-10,17,20H,11-16H2,1-6H3. The zero-order valence-corrected chi connectivity index (χ0v) is 18.4. The second-order valence-corrected chi connectivity index (χ2v) is 9.03. The molecule has 0 amide bonds. The first-order chi connectivity index (χ1) is 13.3. The molecule has 2 heterocycles. The summed E-state index contributed by atoms with van der Waals surface area (Å²) in [6.45, 7) is 10.6. The normalized spacial score (nSPS) is 17.6. The summed E-state index contributed by atoms with van der Waals surface area (Å²) in [6, 6.07) is 8.68. The van der Waals surface area contributed by atoms with E-state index in [1.165, 1.54) is 5.56 Å². The summed E-state index contributed by atoms with van der Waals surface area (Å²) < 4.78 is 2.16. The van der Waals surface area contributed by atoms with Gasteiger partial charge in [-0.3, -0.25) is 0 Å². The number of benzene rings is 1. The van der Waals surface area contributed by atoms with Gasteiger partial charge in [0.25, 0.3) is 0 Å². The van der Waals surface area contributed by atoms with Crippen molar-refractivity contribution in [2.45, 2.75) is 32.9 Å². The van der Waals surface area contributed by atoms with Crippen molar-refractivity contribution < 1.29 is 0 Å². The molecular formula is C22H36N6. The van der Waals surface area contributed by atoms with Crippen LogP contribution >= 0.6 is 0 Å². The lowest BCUT2D eigenvalue weighted by Gasteiger charge is -2.21. The molecule has 2 aromatic rings. The Balaban J connectivity index is 1.91. The van der Waals surface area contributed by atoms with Crippen LogP contribution in [0.25, 0.3) is 11.4 Å². The zero-order valence-electron chi connectivity index (χ0n) is 18.4. The topological polar surface area (TPSA) is 40.4 Å². The molecule has 0 atom stereocenters. The molecule has 1 aliphatic rings. The summed E-state index contributed by atoms with van der Waals surface area (Å²) in [4.78, 5) is 12.1. The van der Waals surface area contributed by atoms with Crippen LogP contribution in [0.3, 0.4) is 0 Å². The maximum Gasteiger partial charge on any atom is 0.181 e. The lowest BCUT2D eigenvalue weighted by atomic mass is 10.1. The van der Waals surface area contributed by atoms with Gasteiger partial charge in [-0.2, -0.15) is 5.10 Å². The predicted octanol–water partition coefficient (Wildman–Crippen LogP) is 2.62. The van der Waals surface area contributed by atoms with Gasteiger partial charge in [0.2, 0.25) is 0 Å². The van der Waals surface area contributed by atoms with Gasteiger partial charge in [0.1, 0.15) is 5.82 Å². The van der Waals surface area contributed by atoms with E-state index in [2.05, 4.69) is 85.7 Å². The smallest absolute Gasteiger partial charge is 0.181 e. The third-order valence-corrected chi connectivity index (χ3v) is 5.24. The Hall–Kier alpha value is -1.76. The van der Waals surface area contributed by atoms with Crippen LogP contribution in [0.15, 0.2) is 24.3 Å². The van der Waals surface area contributed by atoms with E-state index in [4.69, 9.17) is 10.1 Å². The van der Waals surface area contributed by atoms with Crippen LogP contribution in [-0.2, 0) is 13.1 Å². The van der Waals surface area contributed by atoms with E-state index in [0.29, 0.717) is 11.8 Å². The first kappa shape index (κ1) is 21.0. The second kappa shape index (κ2) is 9.16. The highest BCUT2D eigenvalue weighted by molar-refractivity contribution is 5.55. The Bertz CT molecular complexity index is 737. The molecule has 1 aromatic heterocycles. The Morgan fingerprint density at radius 3 is 2.18 bits per heavy atom. The van der Waals surface area contributed by atoms with Gasteiger partial charge in [0.15, 0.2) is 5.82 Å². The molecule has 28 heavy (non-hydrogen) atoms. The molecule has 1 fully saturated rings. The molecule has 0 spiro atoms. The van der Waals surface area contributed by atoms with Gasteiger partial charge >= 0.3 is 0 Å². The van der Waals surface area contributed by atoms with Crippen molar-refractivity contribution in [1.29, 1.82) is 0 Å². The predicted molar refractivity (Wildman–Crippen MR) is 115 cm³/mol. The van der Waals surface area contributed by atoms with E-state index in [1.807, 2.05) is 0 Å². The molecule has 1 aromatic carbocycles. The van der Waals surface area contributed by atoms with E-state index >= 15 is 0 Å². The lowest BCUT2D eigenvalue weighted by Crippen LogP contribution is -2.27. The van der Waals surface area contributed by atoms with E-state index < -0.39 is 0 Å². The van der Waals surface area contributed by atoms with Crippen LogP contribution in [0.2, 0.25) is 0 Å². The molecule has 1 saturated heterocycles. The van der Waals surface area contributed by atoms with E-state index in [1.54, 1.807) is 0 Å². The third kappa shape index (κ3) is 5.40. The minimum absolute atomic E-state index is 0.380. The number of hydrogen-bond donors (Lipinski definition) is 0. The molecule has 0 unspecified atom stereocenters. The highest BCUT2D eigenvalue weighted by atomic mass is 15.4. The van der Waals surface area contributed by atoms with Crippen molar-refractivity contribution in [3.05, 3.63) is 35.7 Å². The molecule has 0 radical (unpaired) electrons. The van der Waals surface area contributed by atoms with Gasteiger partial charge in [-0.1, -0.05) is 38.1 Å². The van der Waals surface area contributed by atoms with Gasteiger partial charge in [0.05, 0.1) is 0 Å². The van der Waals surface area contributed by atoms with Crippen LogP contribution in [0.4, 0.5) is 0 Å². The van der Waals surface area contributed by atoms with Crippen molar-refractivity contribution in [3.8, 4) is 11.4 Å². The minimum Gasteiger partial charge on any atom is -0.305 e. The van der Waals surface area contributed by atoms with Gasteiger partial charge < -0.3 is 14.7 Å². The molecule has 6 nitrogen and oxygen atoms in total.